The van der Waals surface area contributed by atoms with Gasteiger partial charge in [-0.15, -0.1) is 0 Å². The molecule has 0 radical (unpaired) electrons. The van der Waals surface area contributed by atoms with E-state index in [2.05, 4.69) is 0 Å². The number of nitrogens with two attached hydrogens (primary N) is 1. The topological polar surface area (TPSA) is 55.6 Å². The van der Waals surface area contributed by atoms with Crippen molar-refractivity contribution in [1.82, 2.24) is 4.90 Å². The molecule has 18 heavy (non-hydrogen) atoms. The molecule has 1 saturated heterocycles. The Morgan fingerprint density at radius 3 is 2.78 bits per heavy atom. The molecule has 0 saturated carbocycles. The third kappa shape index (κ3) is 2.76. The number of carbonyl (C=O) groups is 1. The molecule has 0 unspecified atom stereocenters. The Labute approximate surface area is 112 Å². The van der Waals surface area contributed by atoms with Gasteiger partial charge in [-0.3, -0.25) is 4.79 Å². The largest absolute Gasteiger partial charge is 0.399 e. The summed E-state index contributed by atoms with van der Waals surface area (Å²) in [5.74, 6) is -0.0841. The van der Waals surface area contributed by atoms with Crippen molar-refractivity contribution in [1.29, 1.82) is 0 Å². The summed E-state index contributed by atoms with van der Waals surface area (Å²) >= 11 is 6.05. The molecule has 5 heteroatoms. The second-order valence-electron chi connectivity index (χ2n) is 4.50. The summed E-state index contributed by atoms with van der Waals surface area (Å²) in [4.78, 5) is 14.1. The van der Waals surface area contributed by atoms with Crippen molar-refractivity contribution >= 4 is 23.2 Å². The van der Waals surface area contributed by atoms with E-state index in [1.807, 2.05) is 0 Å². The first-order chi connectivity index (χ1) is 8.59. The number of benzene rings is 1. The predicted molar refractivity (Wildman–Crippen MR) is 71.8 cm³/mol. The molecule has 0 aliphatic carbocycles. The van der Waals surface area contributed by atoms with Crippen molar-refractivity contribution in [2.75, 3.05) is 26.0 Å². The molecule has 1 fully saturated rings. The number of anilines is 1. The Morgan fingerprint density at radius 2 is 2.11 bits per heavy atom. The maximum Gasteiger partial charge on any atom is 0.255 e. The zero-order chi connectivity index (χ0) is 13.1. The van der Waals surface area contributed by atoms with Gasteiger partial charge >= 0.3 is 0 Å². The molecule has 1 aromatic rings. The van der Waals surface area contributed by atoms with Crippen molar-refractivity contribution in [2.24, 2.45) is 0 Å². The van der Waals surface area contributed by atoms with Crippen LogP contribution >= 0.6 is 11.6 Å². The van der Waals surface area contributed by atoms with Crippen molar-refractivity contribution in [3.8, 4) is 0 Å². The smallest absolute Gasteiger partial charge is 0.255 e. The fraction of sp³-hybridized carbons (Fsp3) is 0.462. The number of nitrogens with zero attached hydrogens (tertiary/aromatic N) is 1. The number of carbonyl (C=O) groups excluding carboxylic acids is 1. The Balaban J connectivity index is 2.16. The maximum atomic E-state index is 12.4. The Kier molecular flexibility index (Phi) is 4.09. The minimum atomic E-state index is -0.0841. The van der Waals surface area contributed by atoms with Crippen LogP contribution in [-0.4, -0.2) is 37.1 Å². The van der Waals surface area contributed by atoms with E-state index in [-0.39, 0.29) is 11.9 Å². The summed E-state index contributed by atoms with van der Waals surface area (Å²) in [5.41, 5.74) is 6.70. The third-order valence-corrected chi connectivity index (χ3v) is 3.61. The number of rotatable bonds is 2. The van der Waals surface area contributed by atoms with Gasteiger partial charge in [0.1, 0.15) is 0 Å². The highest BCUT2D eigenvalue weighted by molar-refractivity contribution is 6.34. The van der Waals surface area contributed by atoms with Gasteiger partial charge in [0.25, 0.3) is 5.91 Å². The van der Waals surface area contributed by atoms with E-state index in [0.717, 1.165) is 12.8 Å². The van der Waals surface area contributed by atoms with Crippen molar-refractivity contribution < 1.29 is 9.53 Å². The second kappa shape index (κ2) is 5.59. The molecule has 0 spiro atoms. The lowest BCUT2D eigenvalue weighted by Crippen LogP contribution is -2.40. The lowest BCUT2D eigenvalue weighted by atomic mass is 10.1. The van der Waals surface area contributed by atoms with Crippen molar-refractivity contribution in [3.05, 3.63) is 28.8 Å². The highest BCUT2D eigenvalue weighted by Gasteiger charge is 2.24. The highest BCUT2D eigenvalue weighted by atomic mass is 35.5. The summed E-state index contributed by atoms with van der Waals surface area (Å²) in [5, 5.41) is 0.438. The lowest BCUT2D eigenvalue weighted by Gasteiger charge is -2.31. The first kappa shape index (κ1) is 13.2. The first-order valence-electron chi connectivity index (χ1n) is 5.99. The summed E-state index contributed by atoms with van der Waals surface area (Å²) in [6.07, 6.45) is 1.73. The van der Waals surface area contributed by atoms with Crippen LogP contribution in [0.5, 0.6) is 0 Å². The minimum absolute atomic E-state index is 0.0841. The molecule has 1 heterocycles. The molecular weight excluding hydrogens is 252 g/mol. The Hall–Kier alpha value is -1.26. The SMILES string of the molecule is CN(C(=O)c1cc(N)ccc1Cl)C1CCOCC1. The quantitative estimate of drug-likeness (QED) is 0.837. The van der Waals surface area contributed by atoms with Crippen molar-refractivity contribution in [2.45, 2.75) is 18.9 Å². The van der Waals surface area contributed by atoms with E-state index in [9.17, 15) is 4.79 Å². The zero-order valence-electron chi connectivity index (χ0n) is 10.4. The summed E-state index contributed by atoms with van der Waals surface area (Å²) in [6, 6.07) is 5.18. The van der Waals surface area contributed by atoms with Gasteiger partial charge in [0.15, 0.2) is 0 Å². The monoisotopic (exact) mass is 268 g/mol. The highest BCUT2D eigenvalue weighted by Crippen LogP contribution is 2.22. The predicted octanol–water partition coefficient (Wildman–Crippen LogP) is 2.17. The Morgan fingerprint density at radius 1 is 1.44 bits per heavy atom. The number of hydrogen-bond donors (Lipinski definition) is 1. The molecular formula is C13H17ClN2O2. The van der Waals surface area contributed by atoms with Gasteiger partial charge in [0, 0.05) is 32.0 Å². The molecule has 2 N–H and O–H groups in total. The molecule has 1 aromatic carbocycles. The number of amides is 1. The van der Waals surface area contributed by atoms with E-state index in [1.165, 1.54) is 0 Å². The molecule has 2 rings (SSSR count). The fourth-order valence-electron chi connectivity index (χ4n) is 2.14. The first-order valence-corrected chi connectivity index (χ1v) is 6.37. The van der Waals surface area contributed by atoms with E-state index >= 15 is 0 Å². The number of ether oxygens (including phenoxy) is 1. The maximum absolute atomic E-state index is 12.4. The lowest BCUT2D eigenvalue weighted by molar-refractivity contribution is 0.0362. The fourth-order valence-corrected chi connectivity index (χ4v) is 2.33. The van der Waals surface area contributed by atoms with Crippen LogP contribution in [0.4, 0.5) is 5.69 Å². The average Bonchev–Trinajstić information content (AvgIpc) is 2.41. The van der Waals surface area contributed by atoms with Crippen LogP contribution in [0.3, 0.4) is 0 Å². The Bertz CT molecular complexity index is 445. The summed E-state index contributed by atoms with van der Waals surface area (Å²) in [6.45, 7) is 1.40. The number of halogens is 1. The molecule has 1 aliphatic heterocycles. The summed E-state index contributed by atoms with van der Waals surface area (Å²) in [7, 11) is 1.80. The van der Waals surface area contributed by atoms with Crippen LogP contribution in [0.2, 0.25) is 5.02 Å². The molecule has 0 aromatic heterocycles. The molecule has 1 aliphatic rings. The number of hydrogen-bond acceptors (Lipinski definition) is 3. The molecule has 0 bridgehead atoms. The van der Waals surface area contributed by atoms with Gasteiger partial charge in [-0.2, -0.15) is 0 Å². The van der Waals surface area contributed by atoms with Gasteiger partial charge in [-0.05, 0) is 31.0 Å². The van der Waals surface area contributed by atoms with Gasteiger partial charge in [-0.25, -0.2) is 0 Å². The third-order valence-electron chi connectivity index (χ3n) is 3.28. The average molecular weight is 269 g/mol. The van der Waals surface area contributed by atoms with E-state index in [0.29, 0.717) is 29.5 Å². The van der Waals surface area contributed by atoms with Crippen LogP contribution in [0.1, 0.15) is 23.2 Å². The van der Waals surface area contributed by atoms with Gasteiger partial charge < -0.3 is 15.4 Å². The molecule has 4 nitrogen and oxygen atoms in total. The van der Waals surface area contributed by atoms with Crippen LogP contribution in [0.15, 0.2) is 18.2 Å². The van der Waals surface area contributed by atoms with E-state index in [1.54, 1.807) is 30.1 Å². The van der Waals surface area contributed by atoms with E-state index < -0.39 is 0 Å². The van der Waals surface area contributed by atoms with Crippen LogP contribution in [0.25, 0.3) is 0 Å². The second-order valence-corrected chi connectivity index (χ2v) is 4.91. The molecule has 0 atom stereocenters. The van der Waals surface area contributed by atoms with Gasteiger partial charge in [0.05, 0.1) is 10.6 Å². The summed E-state index contributed by atoms with van der Waals surface area (Å²) < 4.78 is 5.29. The van der Waals surface area contributed by atoms with Gasteiger partial charge in [0.2, 0.25) is 0 Å². The van der Waals surface area contributed by atoms with Crippen LogP contribution in [0, 0.1) is 0 Å². The van der Waals surface area contributed by atoms with E-state index in [4.69, 9.17) is 22.1 Å². The molecule has 98 valence electrons. The van der Waals surface area contributed by atoms with Crippen LogP contribution in [-0.2, 0) is 4.74 Å². The normalized spacial score (nSPS) is 16.6. The standard InChI is InChI=1S/C13H17ClN2O2/c1-16(10-4-6-18-7-5-10)13(17)11-8-9(15)2-3-12(11)14/h2-3,8,10H,4-7,15H2,1H3. The number of nitrogen functional groups attached to an aromatic ring is 1. The molecule has 1 amide bonds. The minimum Gasteiger partial charge on any atom is -0.399 e. The van der Waals surface area contributed by atoms with Gasteiger partial charge in [-0.1, -0.05) is 11.6 Å². The zero-order valence-corrected chi connectivity index (χ0v) is 11.1. The van der Waals surface area contributed by atoms with Crippen molar-refractivity contribution in [3.63, 3.8) is 0 Å². The van der Waals surface area contributed by atoms with Crippen LogP contribution < -0.4 is 5.73 Å².